The van der Waals surface area contributed by atoms with Gasteiger partial charge in [-0.05, 0) is 19.1 Å². The van der Waals surface area contributed by atoms with Crippen LogP contribution in [-0.2, 0) is 4.74 Å². The summed E-state index contributed by atoms with van der Waals surface area (Å²) in [6, 6.07) is 6.34. The van der Waals surface area contributed by atoms with Gasteiger partial charge in [0.15, 0.2) is 11.5 Å². The Bertz CT molecular complexity index is 891. The molecule has 0 saturated carbocycles. The van der Waals surface area contributed by atoms with E-state index in [1.807, 2.05) is 0 Å². The summed E-state index contributed by atoms with van der Waals surface area (Å²) < 4.78 is 15.8. The van der Waals surface area contributed by atoms with E-state index in [2.05, 4.69) is 31.2 Å². The van der Waals surface area contributed by atoms with Crippen LogP contribution in [0.5, 0.6) is 11.5 Å². The fraction of sp³-hybridized carbons (Fsp3) is 0.333. The van der Waals surface area contributed by atoms with Crippen molar-refractivity contribution in [2.75, 3.05) is 49.4 Å². The van der Waals surface area contributed by atoms with E-state index < -0.39 is 12.1 Å². The summed E-state index contributed by atoms with van der Waals surface area (Å²) in [7, 11) is 1.48. The van der Waals surface area contributed by atoms with E-state index >= 15 is 0 Å². The highest BCUT2D eigenvalue weighted by molar-refractivity contribution is 5.98. The molecule has 29 heavy (non-hydrogen) atoms. The van der Waals surface area contributed by atoms with Gasteiger partial charge in [-0.3, -0.25) is 5.32 Å². The lowest BCUT2D eigenvalue weighted by Gasteiger charge is -2.19. The van der Waals surface area contributed by atoms with Gasteiger partial charge >= 0.3 is 12.1 Å². The van der Waals surface area contributed by atoms with Crippen LogP contribution in [0.1, 0.15) is 5.69 Å². The second kappa shape index (κ2) is 9.44. The Morgan fingerprint density at radius 3 is 2.69 bits per heavy atom. The molecule has 3 rings (SSSR count). The highest BCUT2D eigenvalue weighted by atomic mass is 16.6. The number of benzene rings is 1. The first-order valence-electron chi connectivity index (χ1n) is 8.95. The van der Waals surface area contributed by atoms with Crippen LogP contribution < -0.4 is 30.7 Å². The molecule has 1 aromatic heterocycles. The molecule has 2 heterocycles. The van der Waals surface area contributed by atoms with E-state index in [4.69, 9.17) is 14.2 Å². The molecule has 2 aromatic rings. The predicted molar refractivity (Wildman–Crippen MR) is 106 cm³/mol. The van der Waals surface area contributed by atoms with Crippen molar-refractivity contribution in [1.29, 1.82) is 0 Å². The fourth-order valence-corrected chi connectivity index (χ4v) is 2.50. The van der Waals surface area contributed by atoms with Crippen molar-refractivity contribution in [3.63, 3.8) is 0 Å². The number of hydrogen-bond acceptors (Lipinski definition) is 8. The highest BCUT2D eigenvalue weighted by Gasteiger charge is 2.13. The van der Waals surface area contributed by atoms with Crippen LogP contribution in [0.2, 0.25) is 0 Å². The molecular weight excluding hydrogens is 380 g/mol. The molecule has 0 radical (unpaired) electrons. The third kappa shape index (κ3) is 5.86. The highest BCUT2D eigenvalue weighted by Crippen LogP contribution is 2.32. The molecule has 0 saturated heterocycles. The van der Waals surface area contributed by atoms with Gasteiger partial charge in [0, 0.05) is 30.6 Å². The number of carbonyl (C=O) groups is 2. The van der Waals surface area contributed by atoms with Crippen molar-refractivity contribution in [3.8, 4) is 11.5 Å². The zero-order chi connectivity index (χ0) is 20.6. The maximum absolute atomic E-state index is 12.3. The maximum atomic E-state index is 12.3. The number of carbonyl (C=O) groups excluding carboxylic acids is 2. The minimum atomic E-state index is -0.510. The normalized spacial score (nSPS) is 11.9. The number of urea groups is 1. The van der Waals surface area contributed by atoms with Crippen molar-refractivity contribution >= 4 is 29.6 Å². The molecule has 1 aliphatic rings. The minimum absolute atomic E-state index is 0.134. The van der Waals surface area contributed by atoms with E-state index in [9.17, 15) is 9.59 Å². The zero-order valence-corrected chi connectivity index (χ0v) is 16.1. The van der Waals surface area contributed by atoms with Gasteiger partial charge in [-0.15, -0.1) is 0 Å². The van der Waals surface area contributed by atoms with Gasteiger partial charge in [-0.2, -0.15) is 4.98 Å². The first-order valence-corrected chi connectivity index (χ1v) is 8.95. The number of amides is 3. The molecule has 3 amide bonds. The monoisotopic (exact) mass is 402 g/mol. The van der Waals surface area contributed by atoms with Crippen LogP contribution in [-0.4, -0.2) is 55.5 Å². The molecule has 0 fully saturated rings. The Kier molecular flexibility index (Phi) is 6.51. The van der Waals surface area contributed by atoms with Gasteiger partial charge in [-0.1, -0.05) is 0 Å². The number of aryl methyl sites for hydroxylation is 1. The maximum Gasteiger partial charge on any atom is 0.406 e. The summed E-state index contributed by atoms with van der Waals surface area (Å²) in [5, 5.41) is 10.7. The van der Waals surface area contributed by atoms with Crippen molar-refractivity contribution in [2.45, 2.75) is 6.92 Å². The van der Waals surface area contributed by atoms with E-state index in [-0.39, 0.29) is 12.6 Å². The Morgan fingerprint density at radius 2 is 1.90 bits per heavy atom. The van der Waals surface area contributed by atoms with Gasteiger partial charge in [0.2, 0.25) is 5.95 Å². The third-order valence-corrected chi connectivity index (χ3v) is 3.73. The van der Waals surface area contributed by atoms with Gasteiger partial charge < -0.3 is 30.2 Å². The molecule has 0 spiro atoms. The van der Waals surface area contributed by atoms with Crippen LogP contribution in [0.15, 0.2) is 24.3 Å². The fourth-order valence-electron chi connectivity index (χ4n) is 2.50. The number of aromatic nitrogens is 2. The number of ether oxygens (including phenoxy) is 3. The quantitative estimate of drug-likeness (QED) is 0.539. The average Bonchev–Trinajstić information content (AvgIpc) is 2.70. The van der Waals surface area contributed by atoms with Gasteiger partial charge in [0.05, 0.1) is 6.54 Å². The Hall–Kier alpha value is -3.76. The summed E-state index contributed by atoms with van der Waals surface area (Å²) >= 11 is 0. The molecule has 0 aliphatic carbocycles. The minimum Gasteiger partial charge on any atom is -0.486 e. The molecule has 0 atom stereocenters. The first-order chi connectivity index (χ1) is 14.0. The largest absolute Gasteiger partial charge is 0.486 e. The number of rotatable bonds is 6. The second-order valence-electron chi connectivity index (χ2n) is 5.97. The lowest BCUT2D eigenvalue weighted by molar-refractivity contribution is 0.153. The topological polar surface area (TPSA) is 136 Å². The predicted octanol–water partition coefficient (Wildman–Crippen LogP) is 1.97. The summed E-state index contributed by atoms with van der Waals surface area (Å²) in [6.07, 6.45) is -0.510. The van der Waals surface area contributed by atoms with Gasteiger partial charge in [-0.25, -0.2) is 14.6 Å². The van der Waals surface area contributed by atoms with Crippen LogP contribution >= 0.6 is 0 Å². The molecule has 11 heteroatoms. The molecule has 11 nitrogen and oxygen atoms in total. The van der Waals surface area contributed by atoms with Crippen LogP contribution in [0.3, 0.4) is 0 Å². The van der Waals surface area contributed by atoms with Crippen molar-refractivity contribution in [3.05, 3.63) is 30.0 Å². The number of nitrogens with one attached hydrogen (secondary N) is 4. The molecule has 4 N–H and O–H groups in total. The van der Waals surface area contributed by atoms with Crippen LogP contribution in [0.4, 0.5) is 27.0 Å². The van der Waals surface area contributed by atoms with E-state index in [0.29, 0.717) is 48.5 Å². The van der Waals surface area contributed by atoms with E-state index in [1.165, 1.54) is 7.05 Å². The van der Waals surface area contributed by atoms with E-state index in [0.717, 1.165) is 0 Å². The summed E-state index contributed by atoms with van der Waals surface area (Å²) in [5.74, 6) is 1.84. The number of anilines is 3. The molecule has 1 aliphatic heterocycles. The van der Waals surface area contributed by atoms with Gasteiger partial charge in [0.25, 0.3) is 0 Å². The number of nitrogens with zero attached hydrogens (tertiary/aromatic N) is 2. The first kappa shape index (κ1) is 20.0. The summed E-state index contributed by atoms with van der Waals surface area (Å²) in [5.41, 5.74) is 1.20. The number of hydrogen-bond donors (Lipinski definition) is 4. The zero-order valence-electron chi connectivity index (χ0n) is 16.1. The molecular formula is C18H22N6O5. The lowest BCUT2D eigenvalue weighted by Crippen LogP contribution is -2.23. The molecule has 1 aromatic carbocycles. The standard InChI is InChI=1S/C18H22N6O5/c1-11-9-15(20-5-6-29-18(26)19-2)23-16(21-11)24-17(25)22-12-3-4-13-14(10-12)28-8-7-27-13/h3-4,9-10H,5-8H2,1-2H3,(H,19,26)(H3,20,21,22,23,24,25). The molecule has 154 valence electrons. The Balaban J connectivity index is 1.55. The van der Waals surface area contributed by atoms with E-state index in [1.54, 1.807) is 31.2 Å². The SMILES string of the molecule is CNC(=O)OCCNc1cc(C)nc(NC(=O)Nc2ccc3c(c2)OCCO3)n1. The molecule has 0 unspecified atom stereocenters. The van der Waals surface area contributed by atoms with Crippen molar-refractivity contribution in [2.24, 2.45) is 0 Å². The van der Waals surface area contributed by atoms with Crippen molar-refractivity contribution in [1.82, 2.24) is 15.3 Å². The Labute approximate surface area is 167 Å². The van der Waals surface area contributed by atoms with Crippen LogP contribution in [0, 0.1) is 6.92 Å². The van der Waals surface area contributed by atoms with Crippen molar-refractivity contribution < 1.29 is 23.8 Å². The smallest absolute Gasteiger partial charge is 0.406 e. The second-order valence-corrected chi connectivity index (χ2v) is 5.97. The lowest BCUT2D eigenvalue weighted by atomic mass is 10.2. The summed E-state index contributed by atoms with van der Waals surface area (Å²) in [6.45, 7) is 3.25. The number of fused-ring (bicyclic) bond motifs is 1. The third-order valence-electron chi connectivity index (χ3n) is 3.73. The van der Waals surface area contributed by atoms with Gasteiger partial charge in [0.1, 0.15) is 25.6 Å². The summed E-state index contributed by atoms with van der Waals surface area (Å²) in [4.78, 5) is 31.7. The van der Waals surface area contributed by atoms with Crippen LogP contribution in [0.25, 0.3) is 0 Å². The molecule has 0 bridgehead atoms. The number of alkyl carbamates (subject to hydrolysis) is 1. The average molecular weight is 402 g/mol. The Morgan fingerprint density at radius 1 is 1.10 bits per heavy atom.